The van der Waals surface area contributed by atoms with Gasteiger partial charge in [-0.05, 0) is 37.3 Å². The largest absolute Gasteiger partial charge is 0.508 e. The van der Waals surface area contributed by atoms with Crippen LogP contribution in [0.5, 0.6) is 11.5 Å². The first-order valence-corrected chi connectivity index (χ1v) is 5.87. The molecule has 1 amide bonds. The third kappa shape index (κ3) is 2.65. The second-order valence-corrected chi connectivity index (χ2v) is 3.96. The van der Waals surface area contributed by atoms with Crippen LogP contribution in [0.2, 0.25) is 0 Å². The number of amides is 1. The van der Waals surface area contributed by atoms with Gasteiger partial charge in [-0.1, -0.05) is 0 Å². The van der Waals surface area contributed by atoms with E-state index in [1.54, 1.807) is 24.5 Å². The molecule has 98 valence electrons. The first kappa shape index (κ1) is 12.9. The van der Waals surface area contributed by atoms with Crippen LogP contribution >= 0.6 is 0 Å². The number of nitrogens with zero attached hydrogens (tertiary/aromatic N) is 2. The van der Waals surface area contributed by atoms with E-state index >= 15 is 0 Å². The summed E-state index contributed by atoms with van der Waals surface area (Å²) in [5.74, 6) is -0.593. The third-order valence-corrected chi connectivity index (χ3v) is 2.75. The van der Waals surface area contributed by atoms with Crippen molar-refractivity contribution in [3.8, 4) is 11.5 Å². The molecule has 0 atom stereocenters. The number of carbonyl (C=O) groups excluding carboxylic acids is 1. The smallest absolute Gasteiger partial charge is 0.262 e. The van der Waals surface area contributed by atoms with E-state index in [1.165, 1.54) is 23.1 Å². The number of carbonyl (C=O) groups is 1. The zero-order chi connectivity index (χ0) is 13.8. The minimum Gasteiger partial charge on any atom is -0.508 e. The molecule has 2 rings (SSSR count). The molecule has 5 heteroatoms. The van der Waals surface area contributed by atoms with Crippen molar-refractivity contribution in [3.63, 3.8) is 0 Å². The van der Waals surface area contributed by atoms with Crippen molar-refractivity contribution in [2.75, 3.05) is 11.4 Å². The Balaban J connectivity index is 2.39. The quantitative estimate of drug-likeness (QED) is 0.827. The molecule has 19 heavy (non-hydrogen) atoms. The van der Waals surface area contributed by atoms with Crippen LogP contribution in [-0.2, 0) is 0 Å². The second kappa shape index (κ2) is 5.39. The molecular weight excluding hydrogens is 244 g/mol. The van der Waals surface area contributed by atoms with Gasteiger partial charge in [-0.15, -0.1) is 0 Å². The summed E-state index contributed by atoms with van der Waals surface area (Å²) in [6, 6.07) is 7.29. The lowest BCUT2D eigenvalue weighted by Crippen LogP contribution is -2.30. The Bertz CT molecular complexity index is 584. The van der Waals surface area contributed by atoms with Crippen molar-refractivity contribution >= 4 is 11.6 Å². The SMILES string of the molecule is CCN(C(=O)c1cc(O)ccc1O)c1ccncc1. The molecule has 0 radical (unpaired) electrons. The van der Waals surface area contributed by atoms with Crippen LogP contribution in [0.25, 0.3) is 0 Å². The molecule has 0 saturated heterocycles. The second-order valence-electron chi connectivity index (χ2n) is 3.96. The molecule has 2 N–H and O–H groups in total. The minimum absolute atomic E-state index is 0.0630. The van der Waals surface area contributed by atoms with E-state index in [9.17, 15) is 15.0 Å². The van der Waals surface area contributed by atoms with Crippen molar-refractivity contribution in [2.24, 2.45) is 0 Å². The predicted molar refractivity (Wildman–Crippen MR) is 71.4 cm³/mol. The Labute approximate surface area is 110 Å². The first-order valence-electron chi connectivity index (χ1n) is 5.87. The zero-order valence-corrected chi connectivity index (χ0v) is 10.4. The average molecular weight is 258 g/mol. The van der Waals surface area contributed by atoms with Crippen LogP contribution in [0.1, 0.15) is 17.3 Å². The number of hydrogen-bond acceptors (Lipinski definition) is 4. The Morgan fingerprint density at radius 3 is 2.53 bits per heavy atom. The average Bonchev–Trinajstić information content (AvgIpc) is 2.43. The highest BCUT2D eigenvalue weighted by molar-refractivity contribution is 6.08. The number of phenols is 2. The van der Waals surface area contributed by atoms with Gasteiger partial charge in [-0.2, -0.15) is 0 Å². The standard InChI is InChI=1S/C14H14N2O3/c1-2-16(10-5-7-15-8-6-10)14(19)12-9-11(17)3-4-13(12)18/h3-9,17-18H,2H2,1H3. The van der Waals surface area contributed by atoms with Crippen molar-refractivity contribution in [1.82, 2.24) is 4.98 Å². The van der Waals surface area contributed by atoms with Gasteiger partial charge in [0.2, 0.25) is 0 Å². The van der Waals surface area contributed by atoms with E-state index in [0.29, 0.717) is 12.2 Å². The molecule has 0 saturated carbocycles. The maximum atomic E-state index is 12.4. The molecule has 0 bridgehead atoms. The van der Waals surface area contributed by atoms with E-state index < -0.39 is 0 Å². The number of benzene rings is 1. The molecule has 0 aliphatic rings. The molecule has 1 heterocycles. The lowest BCUT2D eigenvalue weighted by molar-refractivity contribution is 0.0985. The summed E-state index contributed by atoms with van der Waals surface area (Å²) in [6.45, 7) is 2.27. The highest BCUT2D eigenvalue weighted by Crippen LogP contribution is 2.25. The van der Waals surface area contributed by atoms with Gasteiger partial charge in [0.15, 0.2) is 0 Å². The predicted octanol–water partition coefficient (Wildman–Crippen LogP) is 2.16. The number of rotatable bonds is 3. The Kier molecular flexibility index (Phi) is 3.66. The zero-order valence-electron chi connectivity index (χ0n) is 10.4. The number of aromatic hydroxyl groups is 2. The van der Waals surface area contributed by atoms with Gasteiger partial charge in [0.25, 0.3) is 5.91 Å². The summed E-state index contributed by atoms with van der Waals surface area (Å²) >= 11 is 0. The molecule has 2 aromatic rings. The fourth-order valence-corrected chi connectivity index (χ4v) is 1.81. The van der Waals surface area contributed by atoms with Gasteiger partial charge >= 0.3 is 0 Å². The van der Waals surface area contributed by atoms with Gasteiger partial charge in [0.05, 0.1) is 5.56 Å². The van der Waals surface area contributed by atoms with E-state index in [-0.39, 0.29) is 23.0 Å². The molecule has 1 aromatic carbocycles. The highest BCUT2D eigenvalue weighted by Gasteiger charge is 2.19. The summed E-state index contributed by atoms with van der Waals surface area (Å²) in [7, 11) is 0. The topological polar surface area (TPSA) is 73.7 Å². The maximum Gasteiger partial charge on any atom is 0.262 e. The van der Waals surface area contributed by atoms with Crippen molar-refractivity contribution in [3.05, 3.63) is 48.3 Å². The van der Waals surface area contributed by atoms with Crippen LogP contribution in [0.15, 0.2) is 42.7 Å². The van der Waals surface area contributed by atoms with Crippen LogP contribution in [0, 0.1) is 0 Å². The lowest BCUT2D eigenvalue weighted by Gasteiger charge is -2.21. The fourth-order valence-electron chi connectivity index (χ4n) is 1.81. The molecule has 0 aliphatic carbocycles. The summed E-state index contributed by atoms with van der Waals surface area (Å²) in [5, 5.41) is 19.1. The number of pyridine rings is 1. The Hall–Kier alpha value is -2.56. The molecule has 0 fully saturated rings. The highest BCUT2D eigenvalue weighted by atomic mass is 16.3. The number of phenolic OH excluding ortho intramolecular Hbond substituents is 2. The lowest BCUT2D eigenvalue weighted by atomic mass is 10.1. The van der Waals surface area contributed by atoms with Crippen LogP contribution in [-0.4, -0.2) is 27.6 Å². The van der Waals surface area contributed by atoms with Gasteiger partial charge in [0.1, 0.15) is 11.5 Å². The molecule has 5 nitrogen and oxygen atoms in total. The normalized spacial score (nSPS) is 10.2. The van der Waals surface area contributed by atoms with Gasteiger partial charge in [-0.3, -0.25) is 9.78 Å². The minimum atomic E-state index is -0.373. The molecule has 0 spiro atoms. The summed E-state index contributed by atoms with van der Waals surface area (Å²) < 4.78 is 0. The number of hydrogen-bond donors (Lipinski definition) is 2. The number of anilines is 1. The van der Waals surface area contributed by atoms with Crippen LogP contribution < -0.4 is 4.90 Å². The first-order chi connectivity index (χ1) is 9.13. The Morgan fingerprint density at radius 2 is 1.89 bits per heavy atom. The Morgan fingerprint density at radius 1 is 1.21 bits per heavy atom. The maximum absolute atomic E-state index is 12.4. The summed E-state index contributed by atoms with van der Waals surface area (Å²) in [4.78, 5) is 17.8. The molecular formula is C14H14N2O3. The van der Waals surface area contributed by atoms with Crippen molar-refractivity contribution in [1.29, 1.82) is 0 Å². The van der Waals surface area contributed by atoms with Gasteiger partial charge in [-0.25, -0.2) is 0 Å². The monoisotopic (exact) mass is 258 g/mol. The van der Waals surface area contributed by atoms with Crippen molar-refractivity contribution in [2.45, 2.75) is 6.92 Å². The summed E-state index contributed by atoms with van der Waals surface area (Å²) in [6.07, 6.45) is 3.18. The fraction of sp³-hybridized carbons (Fsp3) is 0.143. The third-order valence-electron chi connectivity index (χ3n) is 2.75. The summed E-state index contributed by atoms with van der Waals surface area (Å²) in [5.41, 5.74) is 0.754. The molecule has 0 aliphatic heterocycles. The van der Waals surface area contributed by atoms with E-state index in [0.717, 1.165) is 0 Å². The van der Waals surface area contributed by atoms with Gasteiger partial charge < -0.3 is 15.1 Å². The van der Waals surface area contributed by atoms with Crippen LogP contribution in [0.4, 0.5) is 5.69 Å². The molecule has 0 unspecified atom stereocenters. The number of aromatic nitrogens is 1. The van der Waals surface area contributed by atoms with Crippen LogP contribution in [0.3, 0.4) is 0 Å². The molecule has 1 aromatic heterocycles. The van der Waals surface area contributed by atoms with E-state index in [4.69, 9.17) is 0 Å². The van der Waals surface area contributed by atoms with E-state index in [1.807, 2.05) is 6.92 Å². The van der Waals surface area contributed by atoms with Gasteiger partial charge in [0, 0.05) is 24.6 Å². The van der Waals surface area contributed by atoms with Crippen molar-refractivity contribution < 1.29 is 15.0 Å². The van der Waals surface area contributed by atoms with E-state index in [2.05, 4.69) is 4.98 Å².